The first-order valence-electron chi connectivity index (χ1n) is 5.78. The summed E-state index contributed by atoms with van der Waals surface area (Å²) in [6.45, 7) is 4.42. The fraction of sp³-hybridized carbons (Fsp3) is 0.308. The highest BCUT2D eigenvalue weighted by Crippen LogP contribution is 2.25. The molecule has 0 atom stereocenters. The van der Waals surface area contributed by atoms with Gasteiger partial charge in [0.1, 0.15) is 18.2 Å². The Morgan fingerprint density at radius 3 is 2.72 bits per heavy atom. The molecule has 0 aliphatic heterocycles. The number of aromatic nitrogens is 2. The Morgan fingerprint density at radius 1 is 1.39 bits per heavy atom. The molecule has 5 heteroatoms. The van der Waals surface area contributed by atoms with Crippen molar-refractivity contribution in [2.75, 3.05) is 5.73 Å². The lowest BCUT2D eigenvalue weighted by atomic mass is 10.3. The fourth-order valence-corrected chi connectivity index (χ4v) is 1.84. The van der Waals surface area contributed by atoms with Crippen LogP contribution in [0.1, 0.15) is 25.5 Å². The SMILES string of the molecule is CC(C)n1ncc(COc2ccccc2Cl)c1N. The van der Waals surface area contributed by atoms with Crippen LogP contribution in [0.5, 0.6) is 5.75 Å². The molecular weight excluding hydrogens is 250 g/mol. The molecule has 0 bridgehead atoms. The number of anilines is 1. The molecule has 0 aliphatic rings. The van der Waals surface area contributed by atoms with Crippen LogP contribution in [0.3, 0.4) is 0 Å². The molecule has 18 heavy (non-hydrogen) atoms. The van der Waals surface area contributed by atoms with E-state index in [1.54, 1.807) is 16.9 Å². The Hall–Kier alpha value is -1.68. The third-order valence-corrected chi connectivity index (χ3v) is 2.94. The van der Waals surface area contributed by atoms with Gasteiger partial charge in [-0.15, -0.1) is 0 Å². The van der Waals surface area contributed by atoms with E-state index in [9.17, 15) is 0 Å². The minimum atomic E-state index is 0.235. The van der Waals surface area contributed by atoms with Gasteiger partial charge in [-0.05, 0) is 26.0 Å². The van der Waals surface area contributed by atoms with Crippen molar-refractivity contribution in [2.24, 2.45) is 0 Å². The fourth-order valence-electron chi connectivity index (χ4n) is 1.65. The molecule has 0 spiro atoms. The summed E-state index contributed by atoms with van der Waals surface area (Å²) in [4.78, 5) is 0. The Morgan fingerprint density at radius 2 is 2.11 bits per heavy atom. The second kappa shape index (κ2) is 5.31. The van der Waals surface area contributed by atoms with Gasteiger partial charge in [0.2, 0.25) is 0 Å². The number of hydrogen-bond donors (Lipinski definition) is 1. The van der Waals surface area contributed by atoms with Crippen LogP contribution in [0.25, 0.3) is 0 Å². The van der Waals surface area contributed by atoms with E-state index < -0.39 is 0 Å². The molecule has 1 heterocycles. The maximum Gasteiger partial charge on any atom is 0.138 e. The van der Waals surface area contributed by atoms with Gasteiger partial charge in [-0.25, -0.2) is 4.68 Å². The summed E-state index contributed by atoms with van der Waals surface area (Å²) in [7, 11) is 0. The Labute approximate surface area is 111 Å². The molecule has 0 radical (unpaired) electrons. The van der Waals surface area contributed by atoms with Crippen LogP contribution in [0.2, 0.25) is 5.02 Å². The lowest BCUT2D eigenvalue weighted by Gasteiger charge is -2.09. The predicted octanol–water partition coefficient (Wildman–Crippen LogP) is 3.28. The molecule has 96 valence electrons. The zero-order valence-corrected chi connectivity index (χ0v) is 11.2. The molecule has 1 aromatic carbocycles. The molecule has 0 saturated carbocycles. The second-order valence-electron chi connectivity index (χ2n) is 4.31. The van der Waals surface area contributed by atoms with Gasteiger partial charge in [0.15, 0.2) is 0 Å². The van der Waals surface area contributed by atoms with Crippen molar-refractivity contribution in [2.45, 2.75) is 26.5 Å². The average Bonchev–Trinajstić information content (AvgIpc) is 2.70. The highest BCUT2D eigenvalue weighted by atomic mass is 35.5. The van der Waals surface area contributed by atoms with Crippen molar-refractivity contribution in [1.82, 2.24) is 9.78 Å². The third kappa shape index (κ3) is 2.59. The minimum Gasteiger partial charge on any atom is -0.487 e. The minimum absolute atomic E-state index is 0.235. The quantitative estimate of drug-likeness (QED) is 0.923. The van der Waals surface area contributed by atoms with Crippen molar-refractivity contribution < 1.29 is 4.74 Å². The van der Waals surface area contributed by atoms with Crippen molar-refractivity contribution in [3.8, 4) is 5.75 Å². The molecule has 0 amide bonds. The molecule has 0 fully saturated rings. The zero-order valence-electron chi connectivity index (χ0n) is 10.4. The highest BCUT2D eigenvalue weighted by Gasteiger charge is 2.10. The first kappa shape index (κ1) is 12.8. The zero-order chi connectivity index (χ0) is 13.1. The number of para-hydroxylation sites is 1. The third-order valence-electron chi connectivity index (χ3n) is 2.62. The standard InChI is InChI=1S/C13H16ClN3O/c1-9(2)17-13(15)10(7-16-17)8-18-12-6-4-3-5-11(12)14/h3-7,9H,8,15H2,1-2H3. The van der Waals surface area contributed by atoms with Crippen LogP contribution >= 0.6 is 11.6 Å². The number of halogens is 1. The van der Waals surface area contributed by atoms with Gasteiger partial charge in [-0.3, -0.25) is 0 Å². The smallest absolute Gasteiger partial charge is 0.138 e. The molecule has 1 aromatic heterocycles. The average molecular weight is 266 g/mol. The van der Waals surface area contributed by atoms with Crippen LogP contribution in [0, 0.1) is 0 Å². The molecular formula is C13H16ClN3O. The van der Waals surface area contributed by atoms with Crippen LogP contribution in [-0.4, -0.2) is 9.78 Å². The highest BCUT2D eigenvalue weighted by molar-refractivity contribution is 6.32. The summed E-state index contributed by atoms with van der Waals surface area (Å²) < 4.78 is 7.40. The van der Waals surface area contributed by atoms with Gasteiger partial charge in [-0.2, -0.15) is 5.10 Å². The van der Waals surface area contributed by atoms with Crippen molar-refractivity contribution in [3.63, 3.8) is 0 Å². The van der Waals surface area contributed by atoms with Crippen molar-refractivity contribution in [1.29, 1.82) is 0 Å². The van der Waals surface area contributed by atoms with Crippen molar-refractivity contribution in [3.05, 3.63) is 41.0 Å². The van der Waals surface area contributed by atoms with Crippen LogP contribution in [0.4, 0.5) is 5.82 Å². The number of ether oxygens (including phenoxy) is 1. The van der Waals surface area contributed by atoms with Crippen LogP contribution in [-0.2, 0) is 6.61 Å². The molecule has 0 aliphatic carbocycles. The molecule has 0 saturated heterocycles. The van der Waals surface area contributed by atoms with E-state index in [1.165, 1.54) is 0 Å². The van der Waals surface area contributed by atoms with E-state index in [-0.39, 0.29) is 6.04 Å². The molecule has 2 N–H and O–H groups in total. The van der Waals surface area contributed by atoms with E-state index in [1.807, 2.05) is 32.0 Å². The monoisotopic (exact) mass is 265 g/mol. The lowest BCUT2D eigenvalue weighted by molar-refractivity contribution is 0.307. The van der Waals surface area contributed by atoms with E-state index in [0.29, 0.717) is 23.2 Å². The van der Waals surface area contributed by atoms with Gasteiger partial charge >= 0.3 is 0 Å². The van der Waals surface area contributed by atoms with Crippen molar-refractivity contribution >= 4 is 17.4 Å². The molecule has 2 aromatic rings. The number of rotatable bonds is 4. The summed E-state index contributed by atoms with van der Waals surface area (Å²) in [6, 6.07) is 7.59. The molecule has 2 rings (SSSR count). The van der Waals surface area contributed by atoms with E-state index in [2.05, 4.69) is 5.10 Å². The number of benzene rings is 1. The Kier molecular flexibility index (Phi) is 3.77. The van der Waals surface area contributed by atoms with Gasteiger partial charge < -0.3 is 10.5 Å². The summed E-state index contributed by atoms with van der Waals surface area (Å²) in [5.41, 5.74) is 6.86. The topological polar surface area (TPSA) is 53.1 Å². The van der Waals surface area contributed by atoms with Crippen LogP contribution in [0.15, 0.2) is 30.5 Å². The summed E-state index contributed by atoms with van der Waals surface area (Å²) in [5.74, 6) is 1.29. The maximum absolute atomic E-state index is 6.01. The number of nitrogens with two attached hydrogens (primary N) is 1. The Bertz CT molecular complexity index is 537. The number of nitrogens with zero attached hydrogens (tertiary/aromatic N) is 2. The summed E-state index contributed by atoms with van der Waals surface area (Å²) in [5, 5.41) is 4.82. The Balaban J connectivity index is 2.09. The molecule has 0 unspecified atom stereocenters. The normalized spacial score (nSPS) is 10.9. The first-order valence-corrected chi connectivity index (χ1v) is 6.16. The molecule has 4 nitrogen and oxygen atoms in total. The summed E-state index contributed by atoms with van der Waals surface area (Å²) >= 11 is 6.01. The van der Waals surface area contributed by atoms with Gasteiger partial charge in [0.05, 0.1) is 16.8 Å². The second-order valence-corrected chi connectivity index (χ2v) is 4.72. The van der Waals surface area contributed by atoms with E-state index in [4.69, 9.17) is 22.1 Å². The first-order chi connectivity index (χ1) is 8.59. The number of nitrogen functional groups attached to an aromatic ring is 1. The van der Waals surface area contributed by atoms with E-state index >= 15 is 0 Å². The number of hydrogen-bond acceptors (Lipinski definition) is 3. The predicted molar refractivity (Wildman–Crippen MR) is 72.8 cm³/mol. The van der Waals surface area contributed by atoms with Crippen LogP contribution < -0.4 is 10.5 Å². The summed E-state index contributed by atoms with van der Waals surface area (Å²) in [6.07, 6.45) is 1.73. The largest absolute Gasteiger partial charge is 0.487 e. The van der Waals surface area contributed by atoms with Gasteiger partial charge in [-0.1, -0.05) is 23.7 Å². The van der Waals surface area contributed by atoms with E-state index in [0.717, 1.165) is 5.56 Å². The lowest BCUT2D eigenvalue weighted by Crippen LogP contribution is -2.08. The van der Waals surface area contributed by atoms with Gasteiger partial charge in [0.25, 0.3) is 0 Å². The van der Waals surface area contributed by atoms with Gasteiger partial charge in [0, 0.05) is 6.04 Å². The maximum atomic E-state index is 6.01.